The zero-order valence-electron chi connectivity index (χ0n) is 13.0. The van der Waals surface area contributed by atoms with Crippen LogP contribution >= 0.6 is 0 Å². The lowest BCUT2D eigenvalue weighted by atomic mass is 10.1. The van der Waals surface area contributed by atoms with Gasteiger partial charge in [-0.05, 0) is 19.0 Å². The molecule has 1 heterocycles. The van der Waals surface area contributed by atoms with Gasteiger partial charge in [-0.25, -0.2) is 13.1 Å². The highest BCUT2D eigenvalue weighted by Gasteiger charge is 2.28. The van der Waals surface area contributed by atoms with E-state index in [2.05, 4.69) is 9.62 Å². The zero-order chi connectivity index (χ0) is 16.2. The summed E-state index contributed by atoms with van der Waals surface area (Å²) >= 11 is 0. The summed E-state index contributed by atoms with van der Waals surface area (Å²) in [5, 5.41) is 0. The second kappa shape index (κ2) is 7.21. The Morgan fingerprint density at radius 2 is 1.77 bits per heavy atom. The Bertz CT molecular complexity index is 596. The molecule has 1 amide bonds. The number of carbonyl (C=O) groups is 1. The van der Waals surface area contributed by atoms with E-state index in [1.165, 1.54) is 0 Å². The molecule has 0 aliphatic carbocycles. The Morgan fingerprint density at radius 1 is 1.18 bits per heavy atom. The molecule has 0 saturated carbocycles. The number of carbonyl (C=O) groups excluding carboxylic acids is 1. The number of hydrogen-bond acceptors (Lipinski definition) is 4. The van der Waals surface area contributed by atoms with E-state index < -0.39 is 16.1 Å². The molecule has 2 rings (SSSR count). The van der Waals surface area contributed by atoms with Crippen LogP contribution in [-0.2, 0) is 21.2 Å². The van der Waals surface area contributed by atoms with E-state index in [9.17, 15) is 13.2 Å². The van der Waals surface area contributed by atoms with Crippen LogP contribution in [0.25, 0.3) is 0 Å². The molecule has 6 nitrogen and oxygen atoms in total. The van der Waals surface area contributed by atoms with Crippen LogP contribution in [0.15, 0.2) is 30.3 Å². The molecule has 0 radical (unpaired) electrons. The molecule has 0 aromatic heterocycles. The van der Waals surface area contributed by atoms with Crippen LogP contribution < -0.4 is 4.72 Å². The number of nitrogens with one attached hydrogen (secondary N) is 1. The number of amides is 1. The van der Waals surface area contributed by atoms with E-state index in [1.54, 1.807) is 4.90 Å². The highest BCUT2D eigenvalue weighted by molar-refractivity contribution is 7.88. The minimum Gasteiger partial charge on any atom is -0.339 e. The van der Waals surface area contributed by atoms with Gasteiger partial charge in [0.05, 0.1) is 6.26 Å². The van der Waals surface area contributed by atoms with Gasteiger partial charge in [-0.1, -0.05) is 30.3 Å². The summed E-state index contributed by atoms with van der Waals surface area (Å²) in [6, 6.07) is 8.70. The van der Waals surface area contributed by atoms with E-state index in [1.807, 2.05) is 37.4 Å². The standard InChI is InChI=1S/C15H23N3O3S/c1-17-8-10-18(11-9-17)15(19)14(16-22(2,20)21)12-13-6-4-3-5-7-13/h3-7,14,16H,8-12H2,1-2H3. The molecule has 1 atom stereocenters. The maximum absolute atomic E-state index is 12.7. The van der Waals surface area contributed by atoms with E-state index in [4.69, 9.17) is 0 Å². The van der Waals surface area contributed by atoms with Crippen LogP contribution in [-0.4, -0.2) is 69.6 Å². The Balaban J connectivity index is 2.11. The molecule has 1 aliphatic rings. The first-order valence-electron chi connectivity index (χ1n) is 7.34. The molecule has 0 spiro atoms. The number of benzene rings is 1. The second-order valence-corrected chi connectivity index (χ2v) is 7.54. The summed E-state index contributed by atoms with van der Waals surface area (Å²) in [6.07, 6.45) is 1.45. The summed E-state index contributed by atoms with van der Waals surface area (Å²) in [5.41, 5.74) is 0.936. The van der Waals surface area contributed by atoms with Crippen molar-refractivity contribution in [2.75, 3.05) is 39.5 Å². The topological polar surface area (TPSA) is 69.7 Å². The summed E-state index contributed by atoms with van der Waals surface area (Å²) in [7, 11) is -1.43. The maximum Gasteiger partial charge on any atom is 0.241 e. The fourth-order valence-corrected chi connectivity index (χ4v) is 3.24. The summed E-state index contributed by atoms with van der Waals surface area (Å²) in [4.78, 5) is 16.6. The lowest BCUT2D eigenvalue weighted by molar-refractivity contribution is -0.134. The van der Waals surface area contributed by atoms with Gasteiger partial charge < -0.3 is 9.80 Å². The Morgan fingerprint density at radius 3 is 2.32 bits per heavy atom. The van der Waals surface area contributed by atoms with Crippen molar-refractivity contribution in [3.05, 3.63) is 35.9 Å². The predicted molar refractivity (Wildman–Crippen MR) is 86.0 cm³/mol. The molecular formula is C15H23N3O3S. The third-order valence-corrected chi connectivity index (χ3v) is 4.46. The fourth-order valence-electron chi connectivity index (χ4n) is 2.53. The molecule has 1 aromatic carbocycles. The lowest BCUT2D eigenvalue weighted by Crippen LogP contribution is -2.54. The smallest absolute Gasteiger partial charge is 0.241 e. The third-order valence-electron chi connectivity index (χ3n) is 3.75. The van der Waals surface area contributed by atoms with Gasteiger partial charge in [0.2, 0.25) is 15.9 Å². The number of hydrogen-bond donors (Lipinski definition) is 1. The molecule has 1 aromatic rings. The molecule has 1 saturated heterocycles. The average molecular weight is 325 g/mol. The van der Waals surface area contributed by atoms with Crippen molar-refractivity contribution in [1.82, 2.24) is 14.5 Å². The number of sulfonamides is 1. The van der Waals surface area contributed by atoms with Crippen LogP contribution in [0, 0.1) is 0 Å². The summed E-state index contributed by atoms with van der Waals surface area (Å²) in [6.45, 7) is 2.88. The molecule has 1 N–H and O–H groups in total. The highest BCUT2D eigenvalue weighted by atomic mass is 32.2. The number of rotatable bonds is 5. The van der Waals surface area contributed by atoms with Gasteiger partial charge >= 0.3 is 0 Å². The number of piperazine rings is 1. The molecule has 22 heavy (non-hydrogen) atoms. The molecule has 1 aliphatic heterocycles. The minimum atomic E-state index is -3.45. The largest absolute Gasteiger partial charge is 0.339 e. The SMILES string of the molecule is CN1CCN(C(=O)C(Cc2ccccc2)NS(C)(=O)=O)CC1. The third kappa shape index (κ3) is 5.08. The van der Waals surface area contributed by atoms with Gasteiger partial charge in [-0.2, -0.15) is 0 Å². The van der Waals surface area contributed by atoms with Gasteiger partial charge in [0.25, 0.3) is 0 Å². The van der Waals surface area contributed by atoms with Crippen molar-refractivity contribution in [3.8, 4) is 0 Å². The van der Waals surface area contributed by atoms with Crippen LogP contribution in [0.4, 0.5) is 0 Å². The van der Waals surface area contributed by atoms with Crippen LogP contribution in [0.1, 0.15) is 5.56 Å². The molecule has 1 fully saturated rings. The number of likely N-dealkylation sites (N-methyl/N-ethyl adjacent to an activating group) is 1. The lowest BCUT2D eigenvalue weighted by Gasteiger charge is -2.34. The Hall–Kier alpha value is -1.44. The van der Waals surface area contributed by atoms with Crippen molar-refractivity contribution in [3.63, 3.8) is 0 Å². The van der Waals surface area contributed by atoms with Crippen LogP contribution in [0.3, 0.4) is 0 Å². The van der Waals surface area contributed by atoms with Crippen molar-refractivity contribution >= 4 is 15.9 Å². The van der Waals surface area contributed by atoms with Crippen LogP contribution in [0.2, 0.25) is 0 Å². The first-order chi connectivity index (χ1) is 10.3. The normalized spacial score (nSPS) is 18.2. The second-order valence-electron chi connectivity index (χ2n) is 5.76. The van der Waals surface area contributed by atoms with E-state index >= 15 is 0 Å². The van der Waals surface area contributed by atoms with Crippen LogP contribution in [0.5, 0.6) is 0 Å². The van der Waals surface area contributed by atoms with Gasteiger partial charge in [-0.3, -0.25) is 4.79 Å². The van der Waals surface area contributed by atoms with Crippen molar-refractivity contribution < 1.29 is 13.2 Å². The number of nitrogens with zero attached hydrogens (tertiary/aromatic N) is 2. The molecule has 122 valence electrons. The van der Waals surface area contributed by atoms with E-state index in [-0.39, 0.29) is 5.91 Å². The highest BCUT2D eigenvalue weighted by Crippen LogP contribution is 2.09. The van der Waals surface area contributed by atoms with Gasteiger partial charge in [0, 0.05) is 26.2 Å². The monoisotopic (exact) mass is 325 g/mol. The first-order valence-corrected chi connectivity index (χ1v) is 9.23. The molecule has 7 heteroatoms. The average Bonchev–Trinajstić information content (AvgIpc) is 2.46. The Labute approximate surface area is 132 Å². The quantitative estimate of drug-likeness (QED) is 0.822. The predicted octanol–water partition coefficient (Wildman–Crippen LogP) is -0.0791. The molecule has 0 bridgehead atoms. The molecular weight excluding hydrogens is 302 g/mol. The summed E-state index contributed by atoms with van der Waals surface area (Å²) < 4.78 is 25.6. The Kier molecular flexibility index (Phi) is 5.55. The fraction of sp³-hybridized carbons (Fsp3) is 0.533. The van der Waals surface area contributed by atoms with Crippen molar-refractivity contribution in [2.45, 2.75) is 12.5 Å². The van der Waals surface area contributed by atoms with E-state index in [0.29, 0.717) is 19.5 Å². The minimum absolute atomic E-state index is 0.151. The van der Waals surface area contributed by atoms with Gasteiger partial charge in [0.15, 0.2) is 0 Å². The van der Waals surface area contributed by atoms with Gasteiger partial charge in [0.1, 0.15) is 6.04 Å². The van der Waals surface area contributed by atoms with Gasteiger partial charge in [-0.15, -0.1) is 0 Å². The van der Waals surface area contributed by atoms with Crippen molar-refractivity contribution in [2.24, 2.45) is 0 Å². The summed E-state index contributed by atoms with van der Waals surface area (Å²) in [5.74, 6) is -0.151. The molecule has 1 unspecified atom stereocenters. The van der Waals surface area contributed by atoms with E-state index in [0.717, 1.165) is 24.9 Å². The zero-order valence-corrected chi connectivity index (χ0v) is 13.8. The first kappa shape index (κ1) is 16.9. The maximum atomic E-state index is 12.7. The van der Waals surface area contributed by atoms with Crippen molar-refractivity contribution in [1.29, 1.82) is 0 Å².